The van der Waals surface area contributed by atoms with Crippen LogP contribution in [-0.4, -0.2) is 5.91 Å². The summed E-state index contributed by atoms with van der Waals surface area (Å²) in [5.74, 6) is -0.377. The zero-order valence-electron chi connectivity index (χ0n) is 10.9. The summed E-state index contributed by atoms with van der Waals surface area (Å²) < 4.78 is 0. The number of halogens is 2. The zero-order chi connectivity index (χ0) is 14.7. The summed E-state index contributed by atoms with van der Waals surface area (Å²) in [7, 11) is 0. The topological polar surface area (TPSA) is 55.1 Å². The summed E-state index contributed by atoms with van der Waals surface area (Å²) in [5, 5.41) is 4.39. The third-order valence-electron chi connectivity index (χ3n) is 2.97. The van der Waals surface area contributed by atoms with Gasteiger partial charge in [0.05, 0.1) is 17.1 Å². The summed E-state index contributed by atoms with van der Waals surface area (Å²) in [6.45, 7) is 1.85. The van der Waals surface area contributed by atoms with Crippen LogP contribution in [0.5, 0.6) is 0 Å². The maximum atomic E-state index is 11.1. The lowest BCUT2D eigenvalue weighted by molar-refractivity contribution is -0.117. The highest BCUT2D eigenvalue weighted by Crippen LogP contribution is 2.33. The molecule has 2 aromatic carbocycles. The minimum Gasteiger partial charge on any atom is -0.369 e. The number of carbonyl (C=O) groups excluding carboxylic acids is 1. The fourth-order valence-electron chi connectivity index (χ4n) is 1.89. The van der Waals surface area contributed by atoms with E-state index in [4.69, 9.17) is 28.9 Å². The van der Waals surface area contributed by atoms with Gasteiger partial charge in [0.2, 0.25) is 5.91 Å². The Morgan fingerprint density at radius 2 is 1.85 bits per heavy atom. The van der Waals surface area contributed by atoms with Crippen molar-refractivity contribution >= 4 is 40.5 Å². The van der Waals surface area contributed by atoms with Gasteiger partial charge >= 0.3 is 0 Å². The first kappa shape index (κ1) is 14.7. The van der Waals surface area contributed by atoms with Crippen LogP contribution in [0.1, 0.15) is 11.1 Å². The summed E-state index contributed by atoms with van der Waals surface area (Å²) in [5.41, 5.74) is 8.43. The fourth-order valence-corrected chi connectivity index (χ4v) is 2.31. The number of primary amides is 1. The van der Waals surface area contributed by atoms with E-state index >= 15 is 0 Å². The van der Waals surface area contributed by atoms with Crippen molar-refractivity contribution in [3.05, 3.63) is 57.6 Å². The summed E-state index contributed by atoms with van der Waals surface area (Å²) in [4.78, 5) is 11.1. The summed E-state index contributed by atoms with van der Waals surface area (Å²) in [6, 6.07) is 11.0. The number of hydrogen-bond donors (Lipinski definition) is 2. The lowest BCUT2D eigenvalue weighted by atomic mass is 10.1. The number of anilines is 2. The molecule has 0 saturated heterocycles. The van der Waals surface area contributed by atoms with E-state index in [1.165, 1.54) is 0 Å². The first-order chi connectivity index (χ1) is 9.49. The van der Waals surface area contributed by atoms with E-state index in [0.29, 0.717) is 10.0 Å². The molecular formula is C15H14Cl2N2O. The van der Waals surface area contributed by atoms with E-state index < -0.39 is 0 Å². The molecule has 3 N–H and O–H groups in total. The molecule has 0 aromatic heterocycles. The van der Waals surface area contributed by atoms with Gasteiger partial charge in [-0.1, -0.05) is 41.4 Å². The van der Waals surface area contributed by atoms with Crippen LogP contribution in [0.2, 0.25) is 10.0 Å². The normalized spacial score (nSPS) is 10.3. The van der Waals surface area contributed by atoms with Gasteiger partial charge in [-0.2, -0.15) is 0 Å². The number of hydrogen-bond acceptors (Lipinski definition) is 2. The number of rotatable bonds is 4. The second-order valence-corrected chi connectivity index (χ2v) is 5.24. The molecule has 0 bridgehead atoms. The molecule has 0 unspecified atom stereocenters. The van der Waals surface area contributed by atoms with Gasteiger partial charge in [-0.05, 0) is 36.2 Å². The SMILES string of the molecule is Cc1c(Cl)ccc(Nc2ccccc2CC(N)=O)c1Cl. The minimum atomic E-state index is -0.377. The van der Waals surface area contributed by atoms with E-state index in [1.807, 2.05) is 31.2 Å². The molecule has 0 spiro atoms. The van der Waals surface area contributed by atoms with Gasteiger partial charge < -0.3 is 11.1 Å². The number of para-hydroxylation sites is 1. The van der Waals surface area contributed by atoms with Gasteiger partial charge in [-0.25, -0.2) is 0 Å². The van der Waals surface area contributed by atoms with Gasteiger partial charge in [0, 0.05) is 10.7 Å². The minimum absolute atomic E-state index is 0.174. The van der Waals surface area contributed by atoms with Crippen LogP contribution in [0.15, 0.2) is 36.4 Å². The van der Waals surface area contributed by atoms with Gasteiger partial charge in [-0.15, -0.1) is 0 Å². The summed E-state index contributed by atoms with van der Waals surface area (Å²) in [6.07, 6.45) is 0.174. The number of amides is 1. The van der Waals surface area contributed by atoms with Gasteiger partial charge in [0.25, 0.3) is 0 Å². The van der Waals surface area contributed by atoms with E-state index in [9.17, 15) is 4.79 Å². The third-order valence-corrected chi connectivity index (χ3v) is 3.87. The predicted molar refractivity (Wildman–Crippen MR) is 83.8 cm³/mol. The average molecular weight is 309 g/mol. The molecule has 5 heteroatoms. The molecule has 0 heterocycles. The van der Waals surface area contributed by atoms with Crippen LogP contribution in [0, 0.1) is 6.92 Å². The maximum Gasteiger partial charge on any atom is 0.221 e. The monoisotopic (exact) mass is 308 g/mol. The smallest absolute Gasteiger partial charge is 0.221 e. The predicted octanol–water partition coefficient (Wildman–Crippen LogP) is 4.07. The van der Waals surface area contributed by atoms with Crippen molar-refractivity contribution in [3.63, 3.8) is 0 Å². The Hall–Kier alpha value is -1.71. The molecule has 2 rings (SSSR count). The Balaban J connectivity index is 2.35. The van der Waals surface area contributed by atoms with Crippen molar-refractivity contribution in [2.45, 2.75) is 13.3 Å². The molecule has 0 saturated carbocycles. The molecule has 0 fully saturated rings. The van der Waals surface area contributed by atoms with Gasteiger partial charge in [0.15, 0.2) is 0 Å². The third kappa shape index (κ3) is 3.24. The number of nitrogens with two attached hydrogens (primary N) is 1. The van der Waals surface area contributed by atoms with Crippen molar-refractivity contribution in [1.82, 2.24) is 0 Å². The van der Waals surface area contributed by atoms with E-state index in [2.05, 4.69) is 5.32 Å². The Morgan fingerprint density at radius 1 is 1.15 bits per heavy atom. The van der Waals surface area contributed by atoms with Crippen molar-refractivity contribution in [2.75, 3.05) is 5.32 Å². The van der Waals surface area contributed by atoms with Crippen LogP contribution < -0.4 is 11.1 Å². The van der Waals surface area contributed by atoms with Crippen molar-refractivity contribution < 1.29 is 4.79 Å². The number of carbonyl (C=O) groups is 1. The molecule has 0 atom stereocenters. The van der Waals surface area contributed by atoms with Crippen molar-refractivity contribution in [3.8, 4) is 0 Å². The lowest BCUT2D eigenvalue weighted by Gasteiger charge is -2.14. The number of nitrogens with one attached hydrogen (secondary N) is 1. The first-order valence-electron chi connectivity index (χ1n) is 6.07. The zero-order valence-corrected chi connectivity index (χ0v) is 12.4. The highest BCUT2D eigenvalue weighted by atomic mass is 35.5. The molecule has 0 radical (unpaired) electrons. The molecule has 20 heavy (non-hydrogen) atoms. The van der Waals surface area contributed by atoms with Crippen molar-refractivity contribution in [1.29, 1.82) is 0 Å². The standard InChI is InChI=1S/C15H14Cl2N2O/c1-9-11(16)6-7-13(15(9)17)19-12-5-3-2-4-10(12)8-14(18)20/h2-7,19H,8H2,1H3,(H2,18,20). The molecule has 104 valence electrons. The molecular weight excluding hydrogens is 295 g/mol. The largest absolute Gasteiger partial charge is 0.369 e. The van der Waals surface area contributed by atoms with E-state index in [-0.39, 0.29) is 12.3 Å². The van der Waals surface area contributed by atoms with Crippen LogP contribution in [0.25, 0.3) is 0 Å². The molecule has 1 amide bonds. The van der Waals surface area contributed by atoms with Crippen LogP contribution in [0.4, 0.5) is 11.4 Å². The molecule has 0 aliphatic carbocycles. The lowest BCUT2D eigenvalue weighted by Crippen LogP contribution is -2.14. The van der Waals surface area contributed by atoms with Crippen molar-refractivity contribution in [2.24, 2.45) is 5.73 Å². The molecule has 2 aromatic rings. The highest BCUT2D eigenvalue weighted by Gasteiger charge is 2.10. The summed E-state index contributed by atoms with van der Waals surface area (Å²) >= 11 is 12.3. The highest BCUT2D eigenvalue weighted by molar-refractivity contribution is 6.37. The van der Waals surface area contributed by atoms with Gasteiger partial charge in [-0.3, -0.25) is 4.79 Å². The quantitative estimate of drug-likeness (QED) is 0.894. The van der Waals surface area contributed by atoms with Crippen LogP contribution >= 0.6 is 23.2 Å². The van der Waals surface area contributed by atoms with E-state index in [0.717, 1.165) is 22.5 Å². The Kier molecular flexibility index (Phi) is 4.53. The van der Waals surface area contributed by atoms with E-state index in [1.54, 1.807) is 12.1 Å². The van der Waals surface area contributed by atoms with Gasteiger partial charge in [0.1, 0.15) is 0 Å². The average Bonchev–Trinajstić information content (AvgIpc) is 2.41. The number of benzene rings is 2. The Labute approximate surface area is 127 Å². The molecule has 3 nitrogen and oxygen atoms in total. The Morgan fingerprint density at radius 3 is 2.55 bits per heavy atom. The molecule has 0 aliphatic rings. The second-order valence-electron chi connectivity index (χ2n) is 4.46. The maximum absolute atomic E-state index is 11.1. The van der Waals surface area contributed by atoms with Crippen LogP contribution in [-0.2, 0) is 11.2 Å². The second kappa shape index (κ2) is 6.16. The first-order valence-corrected chi connectivity index (χ1v) is 6.82. The molecule has 0 aliphatic heterocycles. The fraction of sp³-hybridized carbons (Fsp3) is 0.133. The van der Waals surface area contributed by atoms with Crippen LogP contribution in [0.3, 0.4) is 0 Å². The Bertz CT molecular complexity index is 656.